The molecule has 0 saturated carbocycles. The van der Waals surface area contributed by atoms with Crippen molar-refractivity contribution in [1.29, 1.82) is 0 Å². The number of carbonyl (C=O) groups excluding carboxylic acids is 1. The summed E-state index contributed by atoms with van der Waals surface area (Å²) in [4.78, 5) is 12.0. The van der Waals surface area contributed by atoms with Gasteiger partial charge in [-0.25, -0.2) is 0 Å². The van der Waals surface area contributed by atoms with Crippen molar-refractivity contribution < 1.29 is 9.53 Å². The van der Waals surface area contributed by atoms with Gasteiger partial charge in [-0.3, -0.25) is 4.79 Å². The van der Waals surface area contributed by atoms with E-state index >= 15 is 0 Å². The topological polar surface area (TPSA) is 26.3 Å². The lowest BCUT2D eigenvalue weighted by atomic mass is 10.0. The van der Waals surface area contributed by atoms with Crippen LogP contribution in [0.1, 0.15) is 303 Å². The van der Waals surface area contributed by atoms with E-state index in [-0.39, 0.29) is 5.97 Å². The fourth-order valence-electron chi connectivity index (χ4n) is 7.90. The molecule has 0 aromatic carbocycles. The molecule has 0 aromatic heterocycles. The average Bonchev–Trinajstić information content (AvgIpc) is 3.16. The quantitative estimate of drug-likeness (QED) is 0.0352. The number of rotatable bonds is 47. The second-order valence-corrected chi connectivity index (χ2v) is 17.2. The Kier molecular flexibility index (Phi) is 48.5. The third-order valence-electron chi connectivity index (χ3n) is 11.7. The lowest BCUT2D eigenvalue weighted by molar-refractivity contribution is -0.143. The molecule has 316 valence electrons. The van der Waals surface area contributed by atoms with Crippen LogP contribution in [-0.4, -0.2) is 12.6 Å². The van der Waals surface area contributed by atoms with Gasteiger partial charge in [0.2, 0.25) is 0 Å². The Bertz CT molecular complexity index is 684. The summed E-state index contributed by atoms with van der Waals surface area (Å²) in [5.41, 5.74) is 0. The third kappa shape index (κ3) is 49.2. The van der Waals surface area contributed by atoms with Crippen LogP contribution in [0.25, 0.3) is 0 Å². The van der Waals surface area contributed by atoms with Gasteiger partial charge in [-0.05, 0) is 38.5 Å². The smallest absolute Gasteiger partial charge is 0.305 e. The summed E-state index contributed by atoms with van der Waals surface area (Å²) < 4.78 is 5.49. The summed E-state index contributed by atoms with van der Waals surface area (Å²) in [5, 5.41) is 0. The van der Waals surface area contributed by atoms with E-state index in [1.165, 1.54) is 270 Å². The van der Waals surface area contributed by atoms with Crippen LogP contribution in [0.3, 0.4) is 0 Å². The molecule has 0 saturated heterocycles. The highest BCUT2D eigenvalue weighted by atomic mass is 16.5. The van der Waals surface area contributed by atoms with Crippen LogP contribution in [0, 0.1) is 0 Å². The monoisotopic (exact) mass is 745 g/mol. The van der Waals surface area contributed by atoms with E-state index in [2.05, 4.69) is 26.0 Å². The SMILES string of the molecule is CCCCCCCCC=CCCCCCCCCCC(=O)OCCCCCCCCCCCCCCCCCCCCCCCCCCCCCCC. The molecule has 2 heteroatoms. The van der Waals surface area contributed by atoms with Gasteiger partial charge < -0.3 is 4.74 Å². The lowest BCUT2D eigenvalue weighted by Gasteiger charge is -2.06. The first-order chi connectivity index (χ1) is 26.3. The number of carbonyl (C=O) groups is 1. The summed E-state index contributed by atoms with van der Waals surface area (Å²) in [6, 6.07) is 0. The normalized spacial score (nSPS) is 11.7. The number of hydrogen-bond acceptors (Lipinski definition) is 2. The van der Waals surface area contributed by atoms with Gasteiger partial charge in [0.05, 0.1) is 6.61 Å². The molecule has 2 nitrogen and oxygen atoms in total. The van der Waals surface area contributed by atoms with E-state index in [1.807, 2.05) is 0 Å². The van der Waals surface area contributed by atoms with E-state index in [4.69, 9.17) is 4.74 Å². The van der Waals surface area contributed by atoms with Crippen LogP contribution in [0.15, 0.2) is 12.2 Å². The summed E-state index contributed by atoms with van der Waals surface area (Å²) >= 11 is 0. The highest BCUT2D eigenvalue weighted by molar-refractivity contribution is 5.69. The molecular weight excluding hydrogens is 645 g/mol. The van der Waals surface area contributed by atoms with Crippen molar-refractivity contribution in [3.05, 3.63) is 12.2 Å². The van der Waals surface area contributed by atoms with Crippen molar-refractivity contribution in [2.75, 3.05) is 6.61 Å². The van der Waals surface area contributed by atoms with Crippen LogP contribution < -0.4 is 0 Å². The van der Waals surface area contributed by atoms with Gasteiger partial charge in [-0.15, -0.1) is 0 Å². The molecule has 0 aliphatic heterocycles. The molecule has 0 bridgehead atoms. The van der Waals surface area contributed by atoms with E-state index in [9.17, 15) is 4.79 Å². The lowest BCUT2D eigenvalue weighted by Crippen LogP contribution is -2.05. The van der Waals surface area contributed by atoms with Crippen LogP contribution in [0.4, 0.5) is 0 Å². The molecular formula is C51H100O2. The Morgan fingerprint density at radius 3 is 0.811 bits per heavy atom. The number of allylic oxidation sites excluding steroid dienone is 2. The summed E-state index contributed by atoms with van der Waals surface area (Å²) in [7, 11) is 0. The van der Waals surface area contributed by atoms with Gasteiger partial charge >= 0.3 is 5.97 Å². The van der Waals surface area contributed by atoms with Gasteiger partial charge in [0, 0.05) is 6.42 Å². The standard InChI is InChI=1S/C51H100O2/c1-3-5-7-9-11-13-15-17-19-21-22-23-24-25-26-27-28-29-30-31-32-34-36-38-40-42-44-46-48-50-53-51(52)49-47-45-43-41-39-37-35-33-20-18-16-14-12-10-8-6-4-2/h18,20H,3-17,19,21-50H2,1-2H3. The first kappa shape index (κ1) is 52.2. The zero-order valence-electron chi connectivity index (χ0n) is 37.0. The number of hydrogen-bond donors (Lipinski definition) is 0. The molecule has 0 heterocycles. The average molecular weight is 745 g/mol. The molecule has 0 spiro atoms. The van der Waals surface area contributed by atoms with Gasteiger partial charge in [0.15, 0.2) is 0 Å². The van der Waals surface area contributed by atoms with Crippen LogP contribution in [0.5, 0.6) is 0 Å². The van der Waals surface area contributed by atoms with Crippen LogP contribution in [0.2, 0.25) is 0 Å². The van der Waals surface area contributed by atoms with Crippen molar-refractivity contribution >= 4 is 5.97 Å². The first-order valence-corrected chi connectivity index (χ1v) is 25.1. The molecule has 0 amide bonds. The van der Waals surface area contributed by atoms with Crippen molar-refractivity contribution in [3.8, 4) is 0 Å². The zero-order chi connectivity index (χ0) is 38.2. The molecule has 53 heavy (non-hydrogen) atoms. The molecule has 0 aromatic rings. The van der Waals surface area contributed by atoms with E-state index in [0.29, 0.717) is 13.0 Å². The van der Waals surface area contributed by atoms with Crippen molar-refractivity contribution in [2.45, 2.75) is 303 Å². The Hall–Kier alpha value is -0.790. The molecule has 0 N–H and O–H groups in total. The summed E-state index contributed by atoms with van der Waals surface area (Å²) in [6.45, 7) is 5.22. The predicted molar refractivity (Wildman–Crippen MR) is 239 cm³/mol. The van der Waals surface area contributed by atoms with E-state index in [0.717, 1.165) is 12.8 Å². The number of esters is 1. The third-order valence-corrected chi connectivity index (χ3v) is 11.7. The first-order valence-electron chi connectivity index (χ1n) is 25.1. The second kappa shape index (κ2) is 49.2. The number of ether oxygens (including phenoxy) is 1. The molecule has 0 fully saturated rings. The van der Waals surface area contributed by atoms with Gasteiger partial charge in [0.1, 0.15) is 0 Å². The molecule has 0 atom stereocenters. The Morgan fingerprint density at radius 1 is 0.302 bits per heavy atom. The highest BCUT2D eigenvalue weighted by Gasteiger charge is 2.03. The number of unbranched alkanes of at least 4 members (excludes halogenated alkanes) is 41. The minimum absolute atomic E-state index is 0.0259. The summed E-state index contributed by atoms with van der Waals surface area (Å²) in [5.74, 6) is 0.0259. The maximum Gasteiger partial charge on any atom is 0.305 e. The maximum atomic E-state index is 12.0. The Morgan fingerprint density at radius 2 is 0.528 bits per heavy atom. The van der Waals surface area contributed by atoms with Crippen molar-refractivity contribution in [3.63, 3.8) is 0 Å². The highest BCUT2D eigenvalue weighted by Crippen LogP contribution is 2.17. The van der Waals surface area contributed by atoms with E-state index < -0.39 is 0 Å². The molecule has 0 rings (SSSR count). The van der Waals surface area contributed by atoms with Crippen molar-refractivity contribution in [1.82, 2.24) is 0 Å². The predicted octanol–water partition coefficient (Wildman–Crippen LogP) is 18.7. The summed E-state index contributed by atoms with van der Waals surface area (Å²) in [6.07, 6.45) is 66.4. The minimum Gasteiger partial charge on any atom is -0.466 e. The van der Waals surface area contributed by atoms with Gasteiger partial charge in [0.25, 0.3) is 0 Å². The van der Waals surface area contributed by atoms with E-state index in [1.54, 1.807) is 0 Å². The minimum atomic E-state index is 0.0259. The zero-order valence-corrected chi connectivity index (χ0v) is 37.0. The largest absolute Gasteiger partial charge is 0.466 e. The fraction of sp³-hybridized carbons (Fsp3) is 0.941. The molecule has 0 radical (unpaired) electrons. The fourth-order valence-corrected chi connectivity index (χ4v) is 7.90. The van der Waals surface area contributed by atoms with Crippen LogP contribution >= 0.6 is 0 Å². The molecule has 0 aliphatic rings. The van der Waals surface area contributed by atoms with Gasteiger partial charge in [-0.1, -0.05) is 270 Å². The molecule has 0 aliphatic carbocycles. The second-order valence-electron chi connectivity index (χ2n) is 17.2. The molecule has 0 unspecified atom stereocenters. The Balaban J connectivity index is 3.15. The van der Waals surface area contributed by atoms with Crippen LogP contribution in [-0.2, 0) is 9.53 Å². The van der Waals surface area contributed by atoms with Crippen molar-refractivity contribution in [2.24, 2.45) is 0 Å². The Labute approximate surface area is 336 Å². The maximum absolute atomic E-state index is 12.0. The van der Waals surface area contributed by atoms with Gasteiger partial charge in [-0.2, -0.15) is 0 Å².